The second kappa shape index (κ2) is 5.48. The fraction of sp³-hybridized carbons (Fsp3) is 0.417. The summed E-state index contributed by atoms with van der Waals surface area (Å²) >= 11 is 0. The molecule has 2 aromatic heterocycles. The highest BCUT2D eigenvalue weighted by Crippen LogP contribution is 2.01. The lowest BCUT2D eigenvalue weighted by atomic mass is 10.3. The van der Waals surface area contributed by atoms with Gasteiger partial charge in [-0.3, -0.25) is 14.2 Å². The first-order valence-electron chi connectivity index (χ1n) is 6.06. The largest absolute Gasteiger partial charge is 0.346 e. The van der Waals surface area contributed by atoms with E-state index in [0.29, 0.717) is 12.1 Å². The van der Waals surface area contributed by atoms with Crippen LogP contribution in [0.3, 0.4) is 0 Å². The first-order chi connectivity index (χ1) is 8.74. The van der Waals surface area contributed by atoms with Crippen LogP contribution in [0.5, 0.6) is 0 Å². The van der Waals surface area contributed by atoms with Crippen molar-refractivity contribution in [1.29, 1.82) is 0 Å². The van der Waals surface area contributed by atoms with Gasteiger partial charge in [0.15, 0.2) is 0 Å². The fourth-order valence-electron chi connectivity index (χ4n) is 1.72. The summed E-state index contributed by atoms with van der Waals surface area (Å²) in [7, 11) is 0. The number of nitrogens with one attached hydrogen (secondary N) is 1. The highest BCUT2D eigenvalue weighted by Gasteiger charge is 2.09. The number of rotatable bonds is 5. The minimum Gasteiger partial charge on any atom is -0.346 e. The van der Waals surface area contributed by atoms with E-state index in [-0.39, 0.29) is 5.91 Å². The first kappa shape index (κ1) is 12.3. The molecule has 0 atom stereocenters. The van der Waals surface area contributed by atoms with Gasteiger partial charge in [0.1, 0.15) is 0 Å². The zero-order valence-corrected chi connectivity index (χ0v) is 10.6. The normalized spacial score (nSPS) is 10.6. The standard InChI is InChI=1S/C12H17N5O/c1-3-16-9-10(7-15-16)12(18)13-8-11-5-6-14-17(11)4-2/h5-7,9H,3-4,8H2,1-2H3,(H,13,18). The molecule has 2 aromatic rings. The molecule has 0 aromatic carbocycles. The molecule has 1 N–H and O–H groups in total. The Bertz CT molecular complexity index is 528. The molecule has 18 heavy (non-hydrogen) atoms. The van der Waals surface area contributed by atoms with Crippen LogP contribution in [-0.4, -0.2) is 25.5 Å². The zero-order valence-electron chi connectivity index (χ0n) is 10.6. The summed E-state index contributed by atoms with van der Waals surface area (Å²) in [4.78, 5) is 11.9. The third-order valence-corrected chi connectivity index (χ3v) is 2.75. The van der Waals surface area contributed by atoms with Gasteiger partial charge in [0.05, 0.1) is 24.0 Å². The van der Waals surface area contributed by atoms with Gasteiger partial charge in [0.2, 0.25) is 0 Å². The molecule has 0 spiro atoms. The molecule has 96 valence electrons. The molecule has 0 aliphatic heterocycles. The molecule has 0 aliphatic carbocycles. The molecule has 2 heterocycles. The summed E-state index contributed by atoms with van der Waals surface area (Å²) in [6.45, 7) is 6.03. The fourth-order valence-corrected chi connectivity index (χ4v) is 1.72. The van der Waals surface area contributed by atoms with E-state index in [4.69, 9.17) is 0 Å². The lowest BCUT2D eigenvalue weighted by Gasteiger charge is -2.05. The molecular weight excluding hydrogens is 230 g/mol. The molecule has 0 fully saturated rings. The molecule has 0 aliphatic rings. The van der Waals surface area contributed by atoms with Crippen molar-refractivity contribution in [3.05, 3.63) is 35.9 Å². The summed E-state index contributed by atoms with van der Waals surface area (Å²) in [5.41, 5.74) is 1.58. The third-order valence-electron chi connectivity index (χ3n) is 2.75. The molecule has 0 radical (unpaired) electrons. The van der Waals surface area contributed by atoms with E-state index in [1.54, 1.807) is 23.3 Å². The van der Waals surface area contributed by atoms with Crippen LogP contribution in [0.15, 0.2) is 24.7 Å². The highest BCUT2D eigenvalue weighted by atomic mass is 16.1. The summed E-state index contributed by atoms with van der Waals surface area (Å²) in [6.07, 6.45) is 5.06. The average molecular weight is 247 g/mol. The SMILES string of the molecule is CCn1cc(C(=O)NCc2ccnn2CC)cn1. The van der Waals surface area contributed by atoms with E-state index >= 15 is 0 Å². The Kier molecular flexibility index (Phi) is 3.76. The molecule has 6 nitrogen and oxygen atoms in total. The Morgan fingerprint density at radius 1 is 1.33 bits per heavy atom. The van der Waals surface area contributed by atoms with Gasteiger partial charge in [-0.15, -0.1) is 0 Å². The van der Waals surface area contributed by atoms with Crippen molar-refractivity contribution in [1.82, 2.24) is 24.9 Å². The lowest BCUT2D eigenvalue weighted by molar-refractivity contribution is 0.0950. The van der Waals surface area contributed by atoms with Gasteiger partial charge in [-0.25, -0.2) is 0 Å². The van der Waals surface area contributed by atoms with Crippen molar-refractivity contribution in [3.63, 3.8) is 0 Å². The van der Waals surface area contributed by atoms with Gasteiger partial charge in [-0.2, -0.15) is 10.2 Å². The zero-order chi connectivity index (χ0) is 13.0. The maximum atomic E-state index is 11.9. The topological polar surface area (TPSA) is 64.7 Å². The van der Waals surface area contributed by atoms with Crippen LogP contribution >= 0.6 is 0 Å². The Hall–Kier alpha value is -2.11. The lowest BCUT2D eigenvalue weighted by Crippen LogP contribution is -2.24. The van der Waals surface area contributed by atoms with E-state index in [1.165, 1.54) is 0 Å². The quantitative estimate of drug-likeness (QED) is 0.859. The van der Waals surface area contributed by atoms with Crippen LogP contribution in [0.2, 0.25) is 0 Å². The van der Waals surface area contributed by atoms with Gasteiger partial charge >= 0.3 is 0 Å². The molecule has 1 amide bonds. The van der Waals surface area contributed by atoms with Crippen LogP contribution in [-0.2, 0) is 19.6 Å². The average Bonchev–Trinajstić information content (AvgIpc) is 3.04. The number of aryl methyl sites for hydroxylation is 2. The second-order valence-electron chi connectivity index (χ2n) is 3.91. The molecule has 0 saturated heterocycles. The predicted molar refractivity (Wildman–Crippen MR) is 67.0 cm³/mol. The number of amides is 1. The predicted octanol–water partition coefficient (Wildman–Crippen LogP) is 1.05. The minimum absolute atomic E-state index is 0.112. The Morgan fingerprint density at radius 2 is 2.17 bits per heavy atom. The van der Waals surface area contributed by atoms with Gasteiger partial charge in [-0.1, -0.05) is 0 Å². The van der Waals surface area contributed by atoms with Crippen molar-refractivity contribution in [2.24, 2.45) is 0 Å². The Morgan fingerprint density at radius 3 is 2.83 bits per heavy atom. The number of nitrogens with zero attached hydrogens (tertiary/aromatic N) is 4. The second-order valence-corrected chi connectivity index (χ2v) is 3.91. The molecule has 0 unspecified atom stereocenters. The van der Waals surface area contributed by atoms with Crippen molar-refractivity contribution in [3.8, 4) is 0 Å². The van der Waals surface area contributed by atoms with Crippen LogP contribution in [0.4, 0.5) is 0 Å². The Balaban J connectivity index is 1.96. The third kappa shape index (κ3) is 2.58. The first-order valence-corrected chi connectivity index (χ1v) is 6.06. The van der Waals surface area contributed by atoms with E-state index in [9.17, 15) is 4.79 Å². The van der Waals surface area contributed by atoms with Crippen molar-refractivity contribution < 1.29 is 4.79 Å². The smallest absolute Gasteiger partial charge is 0.254 e. The monoisotopic (exact) mass is 247 g/mol. The highest BCUT2D eigenvalue weighted by molar-refractivity contribution is 5.93. The van der Waals surface area contributed by atoms with Gasteiger partial charge in [-0.05, 0) is 19.9 Å². The van der Waals surface area contributed by atoms with E-state index in [2.05, 4.69) is 15.5 Å². The van der Waals surface area contributed by atoms with E-state index in [1.807, 2.05) is 24.6 Å². The molecule has 6 heteroatoms. The summed E-state index contributed by atoms with van der Waals surface area (Å²) < 4.78 is 3.58. The van der Waals surface area contributed by atoms with Crippen LogP contribution < -0.4 is 5.32 Å². The van der Waals surface area contributed by atoms with Crippen molar-refractivity contribution in [2.75, 3.05) is 0 Å². The summed E-state index contributed by atoms with van der Waals surface area (Å²) in [6, 6.07) is 1.90. The number of carbonyl (C=O) groups is 1. The van der Waals surface area contributed by atoms with Crippen LogP contribution in [0.1, 0.15) is 29.9 Å². The molecule has 0 bridgehead atoms. The molecule has 2 rings (SSSR count). The number of carbonyl (C=O) groups excluding carboxylic acids is 1. The molecule has 0 saturated carbocycles. The van der Waals surface area contributed by atoms with Crippen LogP contribution in [0, 0.1) is 0 Å². The van der Waals surface area contributed by atoms with Crippen LogP contribution in [0.25, 0.3) is 0 Å². The summed E-state index contributed by atoms with van der Waals surface area (Å²) in [5, 5.41) is 11.1. The van der Waals surface area contributed by atoms with Gasteiger partial charge in [0.25, 0.3) is 5.91 Å². The Labute approximate surface area is 106 Å². The number of hydrogen-bond donors (Lipinski definition) is 1. The minimum atomic E-state index is -0.112. The number of hydrogen-bond acceptors (Lipinski definition) is 3. The maximum Gasteiger partial charge on any atom is 0.254 e. The molecular formula is C12H17N5O. The van der Waals surface area contributed by atoms with Gasteiger partial charge < -0.3 is 5.32 Å². The van der Waals surface area contributed by atoms with Gasteiger partial charge in [0, 0.05) is 25.5 Å². The summed E-state index contributed by atoms with van der Waals surface area (Å²) in [5.74, 6) is -0.112. The van der Waals surface area contributed by atoms with Crippen molar-refractivity contribution >= 4 is 5.91 Å². The van der Waals surface area contributed by atoms with E-state index < -0.39 is 0 Å². The maximum absolute atomic E-state index is 11.9. The van der Waals surface area contributed by atoms with E-state index in [0.717, 1.165) is 18.8 Å². The van der Waals surface area contributed by atoms with Crippen molar-refractivity contribution in [2.45, 2.75) is 33.5 Å². The number of aromatic nitrogens is 4.